The van der Waals surface area contributed by atoms with E-state index in [2.05, 4.69) is 26.0 Å². The number of hydrogen-bond donors (Lipinski definition) is 2. The van der Waals surface area contributed by atoms with Crippen molar-refractivity contribution in [1.82, 2.24) is 0 Å². The maximum atomic E-state index is 8.88. The predicted octanol–water partition coefficient (Wildman–Crippen LogP) is 11.0. The highest BCUT2D eigenvalue weighted by atomic mass is 16.5. The number of aliphatic hydroxyl groups excluding tert-OH is 2. The SMILES string of the molecule is CCCCCCCCC(CCCCCCC=CCO)OC(CCCCCCC=CCO)CCCCCCCC. The van der Waals surface area contributed by atoms with Crippen LogP contribution in [0.1, 0.15) is 181 Å². The lowest BCUT2D eigenvalue weighted by Crippen LogP contribution is -2.23. The van der Waals surface area contributed by atoms with Gasteiger partial charge in [-0.3, -0.25) is 0 Å². The van der Waals surface area contributed by atoms with Gasteiger partial charge in [-0.1, -0.05) is 154 Å². The second-order valence-electron chi connectivity index (χ2n) is 11.8. The Hall–Kier alpha value is -0.640. The van der Waals surface area contributed by atoms with Crippen molar-refractivity contribution >= 4 is 0 Å². The van der Waals surface area contributed by atoms with Crippen LogP contribution in [0.4, 0.5) is 0 Å². The molecule has 0 aromatic rings. The zero-order valence-corrected chi connectivity index (χ0v) is 26.6. The highest BCUT2D eigenvalue weighted by molar-refractivity contribution is 4.81. The number of aliphatic hydroxyl groups is 2. The van der Waals surface area contributed by atoms with E-state index >= 15 is 0 Å². The molecule has 2 N–H and O–H groups in total. The summed E-state index contributed by atoms with van der Waals surface area (Å²) in [7, 11) is 0. The highest BCUT2D eigenvalue weighted by Gasteiger charge is 2.17. The minimum absolute atomic E-state index is 0.166. The van der Waals surface area contributed by atoms with Crippen LogP contribution in [0.2, 0.25) is 0 Å². The highest BCUT2D eigenvalue weighted by Crippen LogP contribution is 2.23. The van der Waals surface area contributed by atoms with E-state index in [-0.39, 0.29) is 13.2 Å². The molecule has 39 heavy (non-hydrogen) atoms. The largest absolute Gasteiger partial charge is 0.392 e. The second-order valence-corrected chi connectivity index (χ2v) is 11.8. The van der Waals surface area contributed by atoms with Gasteiger partial charge in [0, 0.05) is 0 Å². The Bertz CT molecular complexity index is 458. The summed E-state index contributed by atoms with van der Waals surface area (Å²) in [6, 6.07) is 0. The fourth-order valence-electron chi connectivity index (χ4n) is 5.50. The average Bonchev–Trinajstić information content (AvgIpc) is 2.94. The van der Waals surface area contributed by atoms with E-state index in [4.69, 9.17) is 14.9 Å². The van der Waals surface area contributed by atoms with Crippen LogP contribution in [-0.2, 0) is 4.74 Å². The summed E-state index contributed by atoms with van der Waals surface area (Å²) in [5, 5.41) is 17.8. The third-order valence-corrected chi connectivity index (χ3v) is 7.98. The molecule has 0 bridgehead atoms. The maximum absolute atomic E-state index is 8.88. The summed E-state index contributed by atoms with van der Waals surface area (Å²) in [5.41, 5.74) is 0. The van der Waals surface area contributed by atoms with E-state index in [1.54, 1.807) is 0 Å². The fourth-order valence-corrected chi connectivity index (χ4v) is 5.50. The van der Waals surface area contributed by atoms with Crippen LogP contribution in [0.25, 0.3) is 0 Å². The van der Waals surface area contributed by atoms with Crippen LogP contribution in [0.5, 0.6) is 0 Å². The first kappa shape index (κ1) is 38.4. The number of unbranched alkanes of at least 4 members (excludes halogenated alkanes) is 18. The molecule has 0 radical (unpaired) electrons. The van der Waals surface area contributed by atoms with E-state index in [0.717, 1.165) is 12.8 Å². The normalized spacial score (nSPS) is 13.6. The molecule has 0 aliphatic heterocycles. The van der Waals surface area contributed by atoms with E-state index in [1.807, 2.05) is 12.2 Å². The van der Waals surface area contributed by atoms with Gasteiger partial charge in [0.25, 0.3) is 0 Å². The van der Waals surface area contributed by atoms with Gasteiger partial charge in [0.05, 0.1) is 25.4 Å². The zero-order chi connectivity index (χ0) is 28.5. The summed E-state index contributed by atoms with van der Waals surface area (Å²) >= 11 is 0. The lowest BCUT2D eigenvalue weighted by Gasteiger charge is -2.26. The van der Waals surface area contributed by atoms with Crippen molar-refractivity contribution in [3.8, 4) is 0 Å². The molecule has 0 rings (SSSR count). The lowest BCUT2D eigenvalue weighted by atomic mass is 9.99. The summed E-state index contributed by atoms with van der Waals surface area (Å²) < 4.78 is 6.95. The zero-order valence-electron chi connectivity index (χ0n) is 26.6. The van der Waals surface area contributed by atoms with Crippen molar-refractivity contribution in [2.45, 2.75) is 193 Å². The van der Waals surface area contributed by atoms with Gasteiger partial charge in [-0.25, -0.2) is 0 Å². The molecule has 0 heterocycles. The van der Waals surface area contributed by atoms with Gasteiger partial charge in [-0.15, -0.1) is 0 Å². The molecular formula is C36H70O3. The molecule has 0 saturated carbocycles. The van der Waals surface area contributed by atoms with Crippen molar-refractivity contribution in [2.24, 2.45) is 0 Å². The van der Waals surface area contributed by atoms with Crippen molar-refractivity contribution in [3.05, 3.63) is 24.3 Å². The number of ether oxygens (including phenoxy) is 1. The standard InChI is InChI=1S/C36H70O3/c1-3-5-7-9-17-23-29-35(31-25-19-13-11-15-21-27-33-37)39-36(30-24-18-10-8-6-4-2)32-26-20-14-12-16-22-28-34-38/h21-22,27-28,35-38H,3-20,23-26,29-34H2,1-2H3. The van der Waals surface area contributed by atoms with E-state index in [0.29, 0.717) is 12.2 Å². The Morgan fingerprint density at radius 2 is 0.718 bits per heavy atom. The molecule has 0 spiro atoms. The van der Waals surface area contributed by atoms with Gasteiger partial charge >= 0.3 is 0 Å². The van der Waals surface area contributed by atoms with Gasteiger partial charge in [-0.05, 0) is 51.4 Å². The Morgan fingerprint density at radius 3 is 1.05 bits per heavy atom. The van der Waals surface area contributed by atoms with Crippen LogP contribution in [0.3, 0.4) is 0 Å². The molecule has 0 amide bonds. The molecule has 232 valence electrons. The minimum Gasteiger partial charge on any atom is -0.392 e. The topological polar surface area (TPSA) is 49.7 Å². The number of allylic oxidation sites excluding steroid dienone is 2. The van der Waals surface area contributed by atoms with Gasteiger partial charge in [0.1, 0.15) is 0 Å². The lowest BCUT2D eigenvalue weighted by molar-refractivity contribution is -0.0324. The Labute approximate surface area is 245 Å². The predicted molar refractivity (Wildman–Crippen MR) is 173 cm³/mol. The summed E-state index contributed by atoms with van der Waals surface area (Å²) in [5.74, 6) is 0. The van der Waals surface area contributed by atoms with E-state index in [9.17, 15) is 0 Å². The Kier molecular flexibility index (Phi) is 33.0. The quantitative estimate of drug-likeness (QED) is 0.0647. The third-order valence-electron chi connectivity index (χ3n) is 7.98. The summed E-state index contributed by atoms with van der Waals surface area (Å²) in [4.78, 5) is 0. The fraction of sp³-hybridized carbons (Fsp3) is 0.889. The summed E-state index contributed by atoms with van der Waals surface area (Å²) in [6.45, 7) is 4.93. The van der Waals surface area contributed by atoms with Gasteiger partial charge in [0.15, 0.2) is 0 Å². The van der Waals surface area contributed by atoms with Crippen LogP contribution in [0, 0.1) is 0 Å². The van der Waals surface area contributed by atoms with Crippen LogP contribution in [0.15, 0.2) is 24.3 Å². The van der Waals surface area contributed by atoms with Crippen molar-refractivity contribution in [2.75, 3.05) is 13.2 Å². The first-order chi connectivity index (χ1) is 19.3. The molecule has 2 unspecified atom stereocenters. The van der Waals surface area contributed by atoms with Crippen molar-refractivity contribution < 1.29 is 14.9 Å². The first-order valence-corrected chi connectivity index (χ1v) is 17.5. The summed E-state index contributed by atoms with van der Waals surface area (Å²) in [6.07, 6.45) is 42.5. The molecule has 3 heteroatoms. The first-order valence-electron chi connectivity index (χ1n) is 17.5. The molecule has 3 nitrogen and oxygen atoms in total. The second kappa shape index (κ2) is 33.6. The smallest absolute Gasteiger partial charge is 0.0612 e. The molecular weight excluding hydrogens is 480 g/mol. The molecule has 0 aromatic heterocycles. The maximum Gasteiger partial charge on any atom is 0.0612 e. The van der Waals surface area contributed by atoms with Gasteiger partial charge in [-0.2, -0.15) is 0 Å². The Morgan fingerprint density at radius 1 is 0.410 bits per heavy atom. The molecule has 0 fully saturated rings. The van der Waals surface area contributed by atoms with Gasteiger partial charge in [0.2, 0.25) is 0 Å². The van der Waals surface area contributed by atoms with E-state index < -0.39 is 0 Å². The molecule has 0 aliphatic carbocycles. The van der Waals surface area contributed by atoms with Gasteiger partial charge < -0.3 is 14.9 Å². The van der Waals surface area contributed by atoms with Crippen molar-refractivity contribution in [1.29, 1.82) is 0 Å². The monoisotopic (exact) mass is 551 g/mol. The molecule has 2 atom stereocenters. The molecule has 0 aliphatic rings. The van der Waals surface area contributed by atoms with Crippen molar-refractivity contribution in [3.63, 3.8) is 0 Å². The number of rotatable bonds is 32. The van der Waals surface area contributed by atoms with Crippen LogP contribution >= 0.6 is 0 Å². The average molecular weight is 551 g/mol. The Balaban J connectivity index is 4.67. The minimum atomic E-state index is 0.166. The molecule has 0 saturated heterocycles. The molecule has 0 aromatic carbocycles. The van der Waals surface area contributed by atoms with Crippen LogP contribution in [-0.4, -0.2) is 35.6 Å². The van der Waals surface area contributed by atoms with E-state index in [1.165, 1.54) is 154 Å². The van der Waals surface area contributed by atoms with Crippen LogP contribution < -0.4 is 0 Å². The third kappa shape index (κ3) is 30.2. The number of hydrogen-bond acceptors (Lipinski definition) is 3.